The van der Waals surface area contributed by atoms with Crippen LogP contribution in [0, 0.1) is 0 Å². The smallest absolute Gasteiger partial charge is 0.0261 e. The summed E-state index contributed by atoms with van der Waals surface area (Å²) in [5, 5.41) is 0. The van der Waals surface area contributed by atoms with Crippen LogP contribution in [0.5, 0.6) is 0 Å². The van der Waals surface area contributed by atoms with Gasteiger partial charge in [-0.25, -0.2) is 0 Å². The topological polar surface area (TPSA) is 28.2 Å². The van der Waals surface area contributed by atoms with Crippen LogP contribution in [0.1, 0.15) is 25.2 Å². The third-order valence-electron chi connectivity index (χ3n) is 2.39. The molecule has 0 N–H and O–H groups in total. The lowest BCUT2D eigenvalue weighted by Crippen LogP contribution is -2.20. The predicted octanol–water partition coefficient (Wildman–Crippen LogP) is 1.93. The van der Waals surface area contributed by atoms with Crippen molar-refractivity contribution in [3.63, 3.8) is 0 Å². The van der Waals surface area contributed by atoms with Gasteiger partial charge in [0.2, 0.25) is 0 Å². The Labute approximate surface area is 78.0 Å². The van der Waals surface area contributed by atoms with Gasteiger partial charge in [0.05, 0.1) is 0 Å². The predicted molar refractivity (Wildman–Crippen MR) is 51.7 cm³/mol. The lowest BCUT2D eigenvalue weighted by atomic mass is 9.86. The molecule has 0 unspecified atom stereocenters. The van der Waals surface area contributed by atoms with Gasteiger partial charge in [-0.1, -0.05) is 38.1 Å². The van der Waals surface area contributed by atoms with Gasteiger partial charge in [-0.15, -0.1) is 0 Å². The van der Waals surface area contributed by atoms with E-state index in [4.69, 9.17) is 0 Å². The van der Waals surface area contributed by atoms with Crippen molar-refractivity contribution >= 4 is 0 Å². The number of rotatable bonds is 2. The van der Waals surface area contributed by atoms with Crippen LogP contribution in [0.25, 0.3) is 0 Å². The highest BCUT2D eigenvalue weighted by atomic mass is 14.8. The van der Waals surface area contributed by atoms with E-state index in [9.17, 15) is 0 Å². The molecule has 0 aliphatic heterocycles. The largest absolute Gasteiger partial charge is 0.667 e. The van der Waals surface area contributed by atoms with E-state index in [-0.39, 0.29) is 5.41 Å². The quantitative estimate of drug-likeness (QED) is 0.692. The molecule has 13 heavy (non-hydrogen) atoms. The minimum atomic E-state index is -0.0764. The van der Waals surface area contributed by atoms with Crippen molar-refractivity contribution in [1.82, 2.24) is 9.97 Å². The molecule has 68 valence electrons. The van der Waals surface area contributed by atoms with Gasteiger partial charge in [0.25, 0.3) is 0 Å². The van der Waals surface area contributed by atoms with E-state index in [0.717, 1.165) is 11.4 Å². The van der Waals surface area contributed by atoms with Crippen LogP contribution < -0.4 is 9.97 Å². The SMILES string of the molecule is CC(C)(c1ccc[n-]1)c1ccc[n-]1. The first kappa shape index (κ1) is 8.17. The van der Waals surface area contributed by atoms with Crippen LogP contribution in [0.2, 0.25) is 0 Å². The van der Waals surface area contributed by atoms with Gasteiger partial charge in [0.15, 0.2) is 0 Å². The Morgan fingerprint density at radius 2 is 1.38 bits per heavy atom. The molecule has 0 aromatic carbocycles. The fraction of sp³-hybridized carbons (Fsp3) is 0.273. The van der Waals surface area contributed by atoms with Crippen molar-refractivity contribution in [1.29, 1.82) is 0 Å². The lowest BCUT2D eigenvalue weighted by Gasteiger charge is -2.34. The van der Waals surface area contributed by atoms with Gasteiger partial charge in [0, 0.05) is 0 Å². The summed E-state index contributed by atoms with van der Waals surface area (Å²) in [7, 11) is 0. The van der Waals surface area contributed by atoms with E-state index in [1.807, 2.05) is 36.7 Å². The number of aromatic nitrogens is 2. The number of hydrogen-bond acceptors (Lipinski definition) is 0. The highest BCUT2D eigenvalue weighted by Gasteiger charge is 2.13. The lowest BCUT2D eigenvalue weighted by molar-refractivity contribution is 0.598. The summed E-state index contributed by atoms with van der Waals surface area (Å²) in [6, 6.07) is 7.99. The molecule has 2 heteroatoms. The molecule has 0 spiro atoms. The van der Waals surface area contributed by atoms with Crippen molar-refractivity contribution in [2.24, 2.45) is 0 Å². The van der Waals surface area contributed by atoms with Gasteiger partial charge in [-0.2, -0.15) is 23.8 Å². The van der Waals surface area contributed by atoms with Crippen LogP contribution in [0.4, 0.5) is 0 Å². The van der Waals surface area contributed by atoms with Gasteiger partial charge in [0.1, 0.15) is 0 Å². The van der Waals surface area contributed by atoms with Gasteiger partial charge < -0.3 is 9.97 Å². The van der Waals surface area contributed by atoms with Crippen molar-refractivity contribution in [2.45, 2.75) is 19.3 Å². The molecule has 0 radical (unpaired) electrons. The summed E-state index contributed by atoms with van der Waals surface area (Å²) in [6.45, 7) is 4.27. The standard InChI is InChI=1S/C11H12N2/c1-11(2,9-5-3-7-12-9)10-6-4-8-13-10/h3-8H,1-2H3/q-2. The Kier molecular flexibility index (Phi) is 1.76. The van der Waals surface area contributed by atoms with Gasteiger partial charge in [-0.05, 0) is 5.41 Å². The minimum absolute atomic E-state index is 0.0764. The molecule has 2 aromatic heterocycles. The molecular weight excluding hydrogens is 160 g/mol. The molecule has 0 fully saturated rings. The first-order valence-corrected chi connectivity index (χ1v) is 4.37. The average molecular weight is 172 g/mol. The van der Waals surface area contributed by atoms with Crippen molar-refractivity contribution in [2.75, 3.05) is 0 Å². The van der Waals surface area contributed by atoms with Crippen molar-refractivity contribution in [3.8, 4) is 0 Å². The zero-order valence-electron chi connectivity index (χ0n) is 7.86. The van der Waals surface area contributed by atoms with E-state index in [1.54, 1.807) is 0 Å². The van der Waals surface area contributed by atoms with Crippen LogP contribution in [0.3, 0.4) is 0 Å². The summed E-state index contributed by atoms with van der Waals surface area (Å²) < 4.78 is 0. The fourth-order valence-electron chi connectivity index (χ4n) is 1.47. The molecule has 2 rings (SSSR count). The second-order valence-corrected chi connectivity index (χ2v) is 3.67. The molecule has 0 saturated carbocycles. The van der Waals surface area contributed by atoms with E-state index >= 15 is 0 Å². The molecule has 0 aliphatic rings. The molecule has 0 bridgehead atoms. The van der Waals surface area contributed by atoms with Crippen molar-refractivity contribution in [3.05, 3.63) is 48.0 Å². The van der Waals surface area contributed by atoms with E-state index in [1.165, 1.54) is 0 Å². The van der Waals surface area contributed by atoms with Crippen LogP contribution in [-0.4, -0.2) is 0 Å². The first-order chi connectivity index (χ1) is 6.21. The second kappa shape index (κ2) is 2.80. The summed E-state index contributed by atoms with van der Waals surface area (Å²) in [6.07, 6.45) is 3.64. The monoisotopic (exact) mass is 172 g/mol. The Bertz CT molecular complexity index is 318. The highest BCUT2D eigenvalue weighted by molar-refractivity contribution is 5.28. The van der Waals surface area contributed by atoms with Crippen LogP contribution in [-0.2, 0) is 5.41 Å². The molecule has 2 nitrogen and oxygen atoms in total. The Balaban J connectivity index is 2.42. The molecule has 2 aromatic rings. The third kappa shape index (κ3) is 1.28. The summed E-state index contributed by atoms with van der Waals surface area (Å²) in [5.74, 6) is 0. The molecule has 2 heterocycles. The summed E-state index contributed by atoms with van der Waals surface area (Å²) >= 11 is 0. The summed E-state index contributed by atoms with van der Waals surface area (Å²) in [4.78, 5) is 8.61. The van der Waals surface area contributed by atoms with E-state index < -0.39 is 0 Å². The Hall–Kier alpha value is -1.44. The van der Waals surface area contributed by atoms with E-state index in [2.05, 4.69) is 23.8 Å². The molecule has 0 aliphatic carbocycles. The van der Waals surface area contributed by atoms with Crippen LogP contribution in [0.15, 0.2) is 36.7 Å². The molecule has 0 amide bonds. The second-order valence-electron chi connectivity index (χ2n) is 3.67. The van der Waals surface area contributed by atoms with Crippen LogP contribution >= 0.6 is 0 Å². The summed E-state index contributed by atoms with van der Waals surface area (Å²) in [5.41, 5.74) is 2.07. The maximum atomic E-state index is 4.30. The zero-order valence-corrected chi connectivity index (χ0v) is 7.86. The normalized spacial score (nSPS) is 11.8. The number of nitrogens with zero attached hydrogens (tertiary/aromatic N) is 2. The van der Waals surface area contributed by atoms with Crippen molar-refractivity contribution < 1.29 is 0 Å². The van der Waals surface area contributed by atoms with E-state index in [0.29, 0.717) is 0 Å². The highest BCUT2D eigenvalue weighted by Crippen LogP contribution is 2.27. The fourth-order valence-corrected chi connectivity index (χ4v) is 1.47. The maximum absolute atomic E-state index is 4.30. The number of hydrogen-bond donors (Lipinski definition) is 0. The minimum Gasteiger partial charge on any atom is -0.667 e. The third-order valence-corrected chi connectivity index (χ3v) is 2.39. The molecular formula is C11H12N2-2. The van der Waals surface area contributed by atoms with Gasteiger partial charge in [-0.3, -0.25) is 0 Å². The molecule has 0 saturated heterocycles. The average Bonchev–Trinajstić information content (AvgIpc) is 2.78. The Morgan fingerprint density at radius 3 is 1.69 bits per heavy atom. The molecule has 0 atom stereocenters. The Morgan fingerprint density at radius 1 is 0.923 bits per heavy atom. The first-order valence-electron chi connectivity index (χ1n) is 4.37. The van der Waals surface area contributed by atoms with Gasteiger partial charge >= 0.3 is 0 Å². The maximum Gasteiger partial charge on any atom is -0.0261 e. The zero-order chi connectivity index (χ0) is 9.31.